The Kier molecular flexibility index (Phi) is 8.43. The molecule has 0 N–H and O–H groups in total. The van der Waals surface area contributed by atoms with Crippen LogP contribution in [-0.4, -0.2) is 42.3 Å². The number of methoxy groups -OCH3 is 2. The van der Waals surface area contributed by atoms with Gasteiger partial charge in [0.2, 0.25) is 0 Å². The second-order valence-corrected chi connectivity index (χ2v) is 19.2. The van der Waals surface area contributed by atoms with Crippen LogP contribution in [0.1, 0.15) is 13.3 Å². The number of esters is 2. The molecule has 2 aromatic rings. The van der Waals surface area contributed by atoms with E-state index in [1.54, 1.807) is 0 Å². The number of carbonyl (C=O) groups excluding carboxylic acids is 2. The van der Waals surface area contributed by atoms with Crippen LogP contribution in [0, 0.1) is 5.92 Å². The lowest BCUT2D eigenvalue weighted by molar-refractivity contribution is -0.159. The second kappa shape index (κ2) is 10.4. The van der Waals surface area contributed by atoms with E-state index in [9.17, 15) is 9.59 Å². The monoisotopic (exact) mass is 456 g/mol. The summed E-state index contributed by atoms with van der Waals surface area (Å²) in [5, 5.41) is 2.61. The number of hydrogen-bond donors (Lipinski definition) is 0. The molecule has 2 rings (SSSR count). The fourth-order valence-corrected chi connectivity index (χ4v) is 10.7. The molecule has 0 heterocycles. The molecule has 2 aromatic carbocycles. The Morgan fingerprint density at radius 3 is 1.52 bits per heavy atom. The Bertz CT molecular complexity index is 850. The molecular formula is C25H36O4Si2. The average molecular weight is 457 g/mol. The molecule has 6 heteroatoms. The second-order valence-electron chi connectivity index (χ2n) is 9.44. The summed E-state index contributed by atoms with van der Waals surface area (Å²) in [4.78, 5) is 25.7. The summed E-state index contributed by atoms with van der Waals surface area (Å²) >= 11 is 0. The van der Waals surface area contributed by atoms with Crippen molar-refractivity contribution < 1.29 is 19.1 Å². The first-order chi connectivity index (χ1) is 14.6. The molecule has 2 atom stereocenters. The molecule has 0 aliphatic heterocycles. The van der Waals surface area contributed by atoms with E-state index in [4.69, 9.17) is 9.47 Å². The van der Waals surface area contributed by atoms with Crippen molar-refractivity contribution in [2.45, 2.75) is 50.6 Å². The minimum atomic E-state index is -2.25. The summed E-state index contributed by atoms with van der Waals surface area (Å²) in [6.45, 7) is 11.5. The van der Waals surface area contributed by atoms with Crippen molar-refractivity contribution in [3.05, 3.63) is 60.7 Å². The summed E-state index contributed by atoms with van der Waals surface area (Å²) in [7, 11) is -1.40. The molecule has 0 saturated heterocycles. The van der Waals surface area contributed by atoms with Gasteiger partial charge in [-0.05, 0) is 11.1 Å². The molecule has 0 amide bonds. The Morgan fingerprint density at radius 1 is 0.742 bits per heavy atom. The summed E-state index contributed by atoms with van der Waals surface area (Å²) < 4.78 is 10.2. The van der Waals surface area contributed by atoms with Crippen molar-refractivity contribution in [3.8, 4) is 0 Å². The van der Waals surface area contributed by atoms with Crippen LogP contribution in [0.4, 0.5) is 0 Å². The van der Waals surface area contributed by atoms with Crippen molar-refractivity contribution in [1.29, 1.82) is 0 Å². The molecular weight excluding hydrogens is 420 g/mol. The number of carbonyl (C=O) groups is 2. The smallest absolute Gasteiger partial charge is 0.320 e. The van der Waals surface area contributed by atoms with E-state index in [-0.39, 0.29) is 5.54 Å². The maximum atomic E-state index is 12.8. The van der Waals surface area contributed by atoms with E-state index >= 15 is 0 Å². The maximum absolute atomic E-state index is 12.8. The Balaban J connectivity index is 2.53. The largest absolute Gasteiger partial charge is 0.468 e. The van der Waals surface area contributed by atoms with Gasteiger partial charge in [-0.3, -0.25) is 9.59 Å². The molecule has 0 radical (unpaired) electrons. The normalized spacial score (nSPS) is 14.1. The van der Waals surface area contributed by atoms with E-state index < -0.39 is 34.0 Å². The van der Waals surface area contributed by atoms with E-state index in [1.165, 1.54) is 24.6 Å². The highest BCUT2D eigenvalue weighted by molar-refractivity contribution is 6.92. The van der Waals surface area contributed by atoms with E-state index in [2.05, 4.69) is 69.5 Å². The molecule has 0 aromatic heterocycles. The third-order valence-electron chi connectivity index (χ3n) is 7.11. The third-order valence-corrected chi connectivity index (χ3v) is 15.9. The van der Waals surface area contributed by atoms with Crippen molar-refractivity contribution >= 4 is 38.5 Å². The first kappa shape index (κ1) is 25.1. The van der Waals surface area contributed by atoms with Crippen LogP contribution in [0.2, 0.25) is 37.3 Å². The first-order valence-corrected chi connectivity index (χ1v) is 17.0. The van der Waals surface area contributed by atoms with Crippen LogP contribution in [0.25, 0.3) is 0 Å². The lowest BCUT2D eigenvalue weighted by atomic mass is 10.0. The van der Waals surface area contributed by atoms with Gasteiger partial charge in [0.05, 0.1) is 30.4 Å². The fraction of sp³-hybridized carbons (Fsp3) is 0.440. The molecule has 0 saturated carbocycles. The van der Waals surface area contributed by atoms with Gasteiger partial charge in [-0.15, -0.1) is 0 Å². The number of benzene rings is 2. The minimum Gasteiger partial charge on any atom is -0.468 e. The average Bonchev–Trinajstić information content (AvgIpc) is 2.79. The highest BCUT2D eigenvalue weighted by Crippen LogP contribution is 2.42. The highest BCUT2D eigenvalue weighted by atomic mass is 28.3. The van der Waals surface area contributed by atoms with Crippen LogP contribution in [0.15, 0.2) is 60.7 Å². The summed E-state index contributed by atoms with van der Waals surface area (Å²) in [5.41, 5.74) is 0.215. The Labute approximate surface area is 189 Å². The number of rotatable bonds is 9. The predicted molar refractivity (Wildman–Crippen MR) is 132 cm³/mol. The lowest BCUT2D eigenvalue weighted by Gasteiger charge is -2.41. The van der Waals surface area contributed by atoms with Gasteiger partial charge in [-0.2, -0.15) is 0 Å². The van der Waals surface area contributed by atoms with Crippen molar-refractivity contribution in [2.75, 3.05) is 14.2 Å². The molecule has 0 unspecified atom stereocenters. The van der Waals surface area contributed by atoms with Gasteiger partial charge in [-0.25, -0.2) is 0 Å². The van der Waals surface area contributed by atoms with Gasteiger partial charge in [-0.1, -0.05) is 111 Å². The third kappa shape index (κ3) is 5.54. The molecule has 4 nitrogen and oxygen atoms in total. The van der Waals surface area contributed by atoms with E-state index in [0.29, 0.717) is 5.54 Å². The van der Waals surface area contributed by atoms with E-state index in [1.807, 2.05) is 24.3 Å². The van der Waals surface area contributed by atoms with Crippen LogP contribution < -0.4 is 10.4 Å². The van der Waals surface area contributed by atoms with Crippen LogP contribution >= 0.6 is 0 Å². The summed E-state index contributed by atoms with van der Waals surface area (Å²) in [6.07, 6.45) is 0.775. The number of hydrogen-bond acceptors (Lipinski definition) is 4. The zero-order chi connectivity index (χ0) is 23.2. The van der Waals surface area contributed by atoms with Crippen molar-refractivity contribution in [1.82, 2.24) is 0 Å². The maximum Gasteiger partial charge on any atom is 0.320 e. The SMILES string of the molecule is COC(=O)C(C(=O)OC)[C@@H](C[C@H](C)[Si](C)(C)c1ccccc1)[Si](C)(C)c1ccccc1. The quantitative estimate of drug-likeness (QED) is 0.320. The minimum absolute atomic E-state index is 0.139. The topological polar surface area (TPSA) is 52.6 Å². The van der Waals surface area contributed by atoms with Gasteiger partial charge < -0.3 is 9.47 Å². The van der Waals surface area contributed by atoms with Crippen molar-refractivity contribution in [3.63, 3.8) is 0 Å². The molecule has 0 aliphatic carbocycles. The molecule has 0 aliphatic rings. The first-order valence-electron chi connectivity index (χ1n) is 10.8. The fourth-order valence-electron chi connectivity index (χ4n) is 4.44. The molecule has 31 heavy (non-hydrogen) atoms. The van der Waals surface area contributed by atoms with E-state index in [0.717, 1.165) is 6.42 Å². The van der Waals surface area contributed by atoms with Crippen LogP contribution in [-0.2, 0) is 19.1 Å². The van der Waals surface area contributed by atoms with Gasteiger partial charge in [0.15, 0.2) is 5.92 Å². The summed E-state index contributed by atoms with van der Waals surface area (Å²) in [5.74, 6) is -1.92. The Morgan fingerprint density at radius 2 is 1.13 bits per heavy atom. The van der Waals surface area contributed by atoms with Gasteiger partial charge >= 0.3 is 11.9 Å². The van der Waals surface area contributed by atoms with Crippen LogP contribution in [0.5, 0.6) is 0 Å². The molecule has 0 fully saturated rings. The van der Waals surface area contributed by atoms with Crippen LogP contribution in [0.3, 0.4) is 0 Å². The molecule has 0 bridgehead atoms. The van der Waals surface area contributed by atoms with Gasteiger partial charge in [0.1, 0.15) is 0 Å². The molecule has 168 valence electrons. The predicted octanol–water partition coefficient (Wildman–Crippen LogP) is 4.33. The highest BCUT2D eigenvalue weighted by Gasteiger charge is 2.48. The zero-order valence-corrected chi connectivity index (χ0v) is 21.8. The zero-order valence-electron chi connectivity index (χ0n) is 19.8. The van der Waals surface area contributed by atoms with Crippen molar-refractivity contribution in [2.24, 2.45) is 5.92 Å². The van der Waals surface area contributed by atoms with Gasteiger partial charge in [0, 0.05) is 0 Å². The Hall–Kier alpha value is -2.19. The lowest BCUT2D eigenvalue weighted by Crippen LogP contribution is -2.54. The summed E-state index contributed by atoms with van der Waals surface area (Å²) in [6, 6.07) is 20.9. The number of ether oxygens (including phenoxy) is 2. The standard InChI is InChI=1S/C25H36O4Si2/c1-19(30(4,5)20-14-10-8-11-15-20)18-22(23(24(26)28-2)25(27)29-3)31(6,7)21-16-12-9-13-17-21/h8-17,19,22-23H,18H2,1-7H3/t19-,22+/m0/s1. The van der Waals surface area contributed by atoms with Gasteiger partial charge in [0.25, 0.3) is 0 Å². The molecule has 0 spiro atoms.